The summed E-state index contributed by atoms with van der Waals surface area (Å²) < 4.78 is 18.3. The maximum atomic E-state index is 13.2. The quantitative estimate of drug-likeness (QED) is 0.359. The molecule has 1 heterocycles. The first-order valence-electron chi connectivity index (χ1n) is 10.2. The maximum Gasteiger partial charge on any atom is 0.292 e. The lowest BCUT2D eigenvalue weighted by molar-refractivity contribution is -0.384. The van der Waals surface area contributed by atoms with Crippen LogP contribution < -0.4 is 4.74 Å². The summed E-state index contributed by atoms with van der Waals surface area (Å²) in [5.41, 5.74) is 1.18. The number of hydrogen-bond donors (Lipinski definition) is 0. The molecule has 2 atom stereocenters. The standard InChI is InChI=1S/C23H25ClFN3O4/c1-15-13-27(16(2)12-26(15)14-17-4-7-19(25)8-5-17)22(29)9-6-18-10-20(28(30)31)23(24)21(11-18)32-3/h4-11,15-16H,12-14H2,1-3H3/b9-6+/t15-,16+/m1/s1. The number of methoxy groups -OCH3 is 1. The van der Waals surface area contributed by atoms with Crippen molar-refractivity contribution in [1.29, 1.82) is 0 Å². The Labute approximate surface area is 191 Å². The number of nitro benzene ring substituents is 1. The van der Waals surface area contributed by atoms with Gasteiger partial charge in [0.2, 0.25) is 5.91 Å². The third-order valence-electron chi connectivity index (χ3n) is 5.57. The summed E-state index contributed by atoms with van der Waals surface area (Å²) in [6.45, 7) is 5.92. The lowest BCUT2D eigenvalue weighted by atomic mass is 10.1. The zero-order valence-corrected chi connectivity index (χ0v) is 18.9. The molecule has 2 aromatic carbocycles. The van der Waals surface area contributed by atoms with Gasteiger partial charge >= 0.3 is 0 Å². The van der Waals surface area contributed by atoms with Crippen molar-refractivity contribution in [3.8, 4) is 5.75 Å². The molecule has 1 amide bonds. The Bertz CT molecular complexity index is 1030. The molecule has 170 valence electrons. The summed E-state index contributed by atoms with van der Waals surface area (Å²) in [4.78, 5) is 27.5. The Kier molecular flexibility index (Phi) is 7.48. The monoisotopic (exact) mass is 461 g/mol. The first-order valence-corrected chi connectivity index (χ1v) is 10.6. The van der Waals surface area contributed by atoms with Crippen molar-refractivity contribution in [3.63, 3.8) is 0 Å². The predicted octanol–water partition coefficient (Wildman–Crippen LogP) is 4.53. The fourth-order valence-electron chi connectivity index (χ4n) is 3.79. The molecule has 0 bridgehead atoms. The lowest BCUT2D eigenvalue weighted by Crippen LogP contribution is -2.57. The molecule has 1 aliphatic rings. The van der Waals surface area contributed by atoms with Gasteiger partial charge < -0.3 is 9.64 Å². The highest BCUT2D eigenvalue weighted by molar-refractivity contribution is 6.34. The molecule has 0 aliphatic carbocycles. The van der Waals surface area contributed by atoms with Gasteiger partial charge in [0, 0.05) is 43.9 Å². The second-order valence-corrected chi connectivity index (χ2v) is 8.27. The van der Waals surface area contributed by atoms with E-state index in [2.05, 4.69) is 4.90 Å². The van der Waals surface area contributed by atoms with E-state index in [0.29, 0.717) is 25.2 Å². The van der Waals surface area contributed by atoms with Gasteiger partial charge in [0.25, 0.3) is 5.69 Å². The Morgan fingerprint density at radius 3 is 2.56 bits per heavy atom. The molecule has 1 saturated heterocycles. The molecular formula is C23H25ClFN3O4. The summed E-state index contributed by atoms with van der Waals surface area (Å²) in [6, 6.07) is 9.38. The molecule has 7 nitrogen and oxygen atoms in total. The number of carbonyl (C=O) groups excluding carboxylic acids is 1. The van der Waals surface area contributed by atoms with E-state index in [4.69, 9.17) is 16.3 Å². The van der Waals surface area contributed by atoms with Crippen molar-refractivity contribution in [2.24, 2.45) is 0 Å². The Balaban J connectivity index is 1.69. The van der Waals surface area contributed by atoms with Crippen molar-refractivity contribution in [3.05, 3.63) is 74.6 Å². The molecule has 32 heavy (non-hydrogen) atoms. The SMILES string of the molecule is COc1cc(/C=C/C(=O)N2C[C@@H](C)N(Cc3ccc(F)cc3)C[C@@H]2C)cc([N+](=O)[O-])c1Cl. The zero-order chi connectivity index (χ0) is 23.4. The third-order valence-corrected chi connectivity index (χ3v) is 5.95. The molecule has 0 saturated carbocycles. The number of ether oxygens (including phenoxy) is 1. The summed E-state index contributed by atoms with van der Waals surface area (Å²) >= 11 is 5.99. The molecule has 0 unspecified atom stereocenters. The van der Waals surface area contributed by atoms with Gasteiger partial charge in [0.1, 0.15) is 11.6 Å². The Morgan fingerprint density at radius 1 is 1.25 bits per heavy atom. The molecule has 9 heteroatoms. The normalized spacial score (nSPS) is 19.3. The summed E-state index contributed by atoms with van der Waals surface area (Å²) in [6.07, 6.45) is 2.93. The number of rotatable bonds is 6. The van der Waals surface area contributed by atoms with Crippen LogP contribution in [-0.2, 0) is 11.3 Å². The van der Waals surface area contributed by atoms with Crippen LogP contribution in [0.3, 0.4) is 0 Å². The summed E-state index contributed by atoms with van der Waals surface area (Å²) in [7, 11) is 1.37. The number of carbonyl (C=O) groups is 1. The molecule has 0 radical (unpaired) electrons. The molecule has 1 fully saturated rings. The van der Waals surface area contributed by atoms with Crippen LogP contribution in [-0.4, -0.2) is 52.9 Å². The third kappa shape index (κ3) is 5.44. The molecule has 3 rings (SSSR count). The van der Waals surface area contributed by atoms with Crippen molar-refractivity contribution in [1.82, 2.24) is 9.80 Å². The van der Waals surface area contributed by atoms with E-state index in [9.17, 15) is 19.3 Å². The van der Waals surface area contributed by atoms with Crippen molar-refractivity contribution < 1.29 is 18.8 Å². The number of nitrogens with zero attached hydrogens (tertiary/aromatic N) is 3. The van der Waals surface area contributed by atoms with E-state index >= 15 is 0 Å². The van der Waals surface area contributed by atoms with E-state index in [1.54, 1.807) is 23.1 Å². The van der Waals surface area contributed by atoms with Crippen LogP contribution in [0.2, 0.25) is 5.02 Å². The fraction of sp³-hybridized carbons (Fsp3) is 0.348. The number of nitro groups is 1. The van der Waals surface area contributed by atoms with Crippen LogP contribution in [0.4, 0.5) is 10.1 Å². The largest absolute Gasteiger partial charge is 0.495 e. The minimum absolute atomic E-state index is 0.0297. The number of amides is 1. The molecule has 0 aromatic heterocycles. The van der Waals surface area contributed by atoms with Gasteiger partial charge in [-0.15, -0.1) is 0 Å². The van der Waals surface area contributed by atoms with Crippen molar-refractivity contribution in [2.45, 2.75) is 32.5 Å². The number of hydrogen-bond acceptors (Lipinski definition) is 5. The highest BCUT2D eigenvalue weighted by Crippen LogP contribution is 2.35. The summed E-state index contributed by atoms with van der Waals surface area (Å²) in [5.74, 6) is -0.271. The van der Waals surface area contributed by atoms with Gasteiger partial charge in [-0.2, -0.15) is 0 Å². The van der Waals surface area contributed by atoms with Crippen LogP contribution in [0.1, 0.15) is 25.0 Å². The van der Waals surface area contributed by atoms with Crippen LogP contribution in [0.5, 0.6) is 5.75 Å². The van der Waals surface area contributed by atoms with Gasteiger partial charge in [-0.25, -0.2) is 4.39 Å². The lowest BCUT2D eigenvalue weighted by Gasteiger charge is -2.44. The highest BCUT2D eigenvalue weighted by Gasteiger charge is 2.31. The minimum atomic E-state index is -0.589. The molecule has 0 spiro atoms. The topological polar surface area (TPSA) is 75.9 Å². The number of piperazine rings is 1. The predicted molar refractivity (Wildman–Crippen MR) is 121 cm³/mol. The van der Waals surface area contributed by atoms with Crippen LogP contribution in [0.25, 0.3) is 6.08 Å². The van der Waals surface area contributed by atoms with E-state index in [0.717, 1.165) is 5.56 Å². The van der Waals surface area contributed by atoms with Gasteiger partial charge in [-0.1, -0.05) is 23.7 Å². The molecule has 2 aromatic rings. The fourth-order valence-corrected chi connectivity index (χ4v) is 4.05. The van der Waals surface area contributed by atoms with E-state index < -0.39 is 4.92 Å². The zero-order valence-electron chi connectivity index (χ0n) is 18.1. The van der Waals surface area contributed by atoms with Crippen LogP contribution >= 0.6 is 11.6 Å². The van der Waals surface area contributed by atoms with Gasteiger partial charge in [0.05, 0.1) is 12.0 Å². The number of benzene rings is 2. The van der Waals surface area contributed by atoms with Crippen molar-refractivity contribution >= 4 is 29.3 Å². The average molecular weight is 462 g/mol. The van der Waals surface area contributed by atoms with Crippen molar-refractivity contribution in [2.75, 3.05) is 20.2 Å². The van der Waals surface area contributed by atoms with Gasteiger partial charge in [-0.3, -0.25) is 19.8 Å². The maximum absolute atomic E-state index is 13.2. The first kappa shape index (κ1) is 23.7. The van der Waals surface area contributed by atoms with Crippen LogP contribution in [0.15, 0.2) is 42.5 Å². The second-order valence-electron chi connectivity index (χ2n) is 7.89. The number of halogens is 2. The second kappa shape index (κ2) is 10.1. The molecule has 1 aliphatic heterocycles. The van der Waals surface area contributed by atoms with E-state index in [1.807, 2.05) is 13.8 Å². The Morgan fingerprint density at radius 2 is 1.94 bits per heavy atom. The summed E-state index contributed by atoms with van der Waals surface area (Å²) in [5, 5.41) is 11.1. The highest BCUT2D eigenvalue weighted by atomic mass is 35.5. The molecular weight excluding hydrogens is 437 g/mol. The van der Waals surface area contributed by atoms with Crippen LogP contribution in [0, 0.1) is 15.9 Å². The van der Waals surface area contributed by atoms with E-state index in [-0.39, 0.29) is 40.3 Å². The Hall–Kier alpha value is -2.97. The van der Waals surface area contributed by atoms with Gasteiger partial charge in [-0.05, 0) is 49.2 Å². The van der Waals surface area contributed by atoms with Gasteiger partial charge in [0.15, 0.2) is 5.02 Å². The smallest absolute Gasteiger partial charge is 0.292 e. The average Bonchev–Trinajstić information content (AvgIpc) is 2.76. The first-order chi connectivity index (χ1) is 15.2. The van der Waals surface area contributed by atoms with E-state index in [1.165, 1.54) is 37.5 Å². The molecule has 0 N–H and O–H groups in total. The minimum Gasteiger partial charge on any atom is -0.495 e.